The van der Waals surface area contributed by atoms with Gasteiger partial charge in [0.25, 0.3) is 0 Å². The minimum atomic E-state index is 0.248. The molecule has 1 aromatic rings. The highest BCUT2D eigenvalue weighted by molar-refractivity contribution is 9.13. The Morgan fingerprint density at radius 3 is 2.42 bits per heavy atom. The number of ether oxygens (including phenoxy) is 1. The molecule has 0 spiro atoms. The van der Waals surface area contributed by atoms with Crippen LogP contribution < -0.4 is 5.73 Å². The van der Waals surface area contributed by atoms with Gasteiger partial charge in [-0.15, -0.1) is 0 Å². The number of nitrogens with zero attached hydrogens (tertiary/aromatic N) is 1. The summed E-state index contributed by atoms with van der Waals surface area (Å²) in [5.41, 5.74) is 7.25. The first-order valence-electron chi connectivity index (χ1n) is 6.55. The zero-order chi connectivity index (χ0) is 14.0. The van der Waals surface area contributed by atoms with E-state index in [1.165, 1.54) is 5.56 Å². The molecule has 3 nitrogen and oxygen atoms in total. The van der Waals surface area contributed by atoms with E-state index in [0.29, 0.717) is 6.54 Å². The van der Waals surface area contributed by atoms with E-state index < -0.39 is 0 Å². The fraction of sp³-hybridized carbons (Fsp3) is 0.571. The van der Waals surface area contributed by atoms with E-state index in [1.807, 2.05) is 0 Å². The van der Waals surface area contributed by atoms with Gasteiger partial charge in [0.05, 0.1) is 12.2 Å². The van der Waals surface area contributed by atoms with E-state index in [-0.39, 0.29) is 18.2 Å². The summed E-state index contributed by atoms with van der Waals surface area (Å²) in [5, 5.41) is 0. The molecule has 1 aromatic carbocycles. The SMILES string of the molecule is CC1CN(C(CN)c2ccc(Br)c(Br)c2)CC(C)O1. The van der Waals surface area contributed by atoms with Crippen LogP contribution in [0.25, 0.3) is 0 Å². The molecule has 106 valence electrons. The summed E-state index contributed by atoms with van der Waals surface area (Å²) in [5.74, 6) is 0. The molecule has 3 atom stereocenters. The van der Waals surface area contributed by atoms with Gasteiger partial charge in [0, 0.05) is 34.6 Å². The third-order valence-electron chi connectivity index (χ3n) is 3.44. The second-order valence-electron chi connectivity index (χ2n) is 5.14. The molecule has 1 aliphatic heterocycles. The van der Waals surface area contributed by atoms with Crippen molar-refractivity contribution in [2.75, 3.05) is 19.6 Å². The average Bonchev–Trinajstić information content (AvgIpc) is 2.33. The van der Waals surface area contributed by atoms with Gasteiger partial charge in [-0.25, -0.2) is 0 Å². The minimum absolute atomic E-state index is 0.248. The largest absolute Gasteiger partial charge is 0.373 e. The number of morpholine rings is 1. The van der Waals surface area contributed by atoms with Crippen molar-refractivity contribution in [2.24, 2.45) is 5.73 Å². The Kier molecular flexibility index (Phi) is 5.43. The van der Waals surface area contributed by atoms with Gasteiger partial charge in [-0.2, -0.15) is 0 Å². The lowest BCUT2D eigenvalue weighted by molar-refractivity contribution is -0.0799. The second kappa shape index (κ2) is 6.68. The normalized spacial score (nSPS) is 26.4. The Morgan fingerprint density at radius 1 is 1.26 bits per heavy atom. The van der Waals surface area contributed by atoms with Crippen molar-refractivity contribution in [3.8, 4) is 0 Å². The quantitative estimate of drug-likeness (QED) is 0.858. The summed E-state index contributed by atoms with van der Waals surface area (Å²) >= 11 is 7.06. The summed E-state index contributed by atoms with van der Waals surface area (Å²) in [6.45, 7) is 6.72. The predicted octanol–water partition coefficient (Wildman–Crippen LogP) is 3.32. The second-order valence-corrected chi connectivity index (χ2v) is 6.84. The number of halogens is 2. The van der Waals surface area contributed by atoms with Crippen LogP contribution >= 0.6 is 31.9 Å². The van der Waals surface area contributed by atoms with Gasteiger partial charge in [-0.3, -0.25) is 4.90 Å². The van der Waals surface area contributed by atoms with Crippen LogP contribution in [0, 0.1) is 0 Å². The molecule has 0 radical (unpaired) electrons. The monoisotopic (exact) mass is 390 g/mol. The Morgan fingerprint density at radius 2 is 1.89 bits per heavy atom. The molecule has 2 rings (SSSR count). The van der Waals surface area contributed by atoms with Gasteiger partial charge in [-0.05, 0) is 63.4 Å². The van der Waals surface area contributed by atoms with Crippen molar-refractivity contribution in [3.63, 3.8) is 0 Å². The first-order valence-corrected chi connectivity index (χ1v) is 8.14. The standard InChI is InChI=1S/C14H20Br2N2O/c1-9-7-18(8-10(2)19-9)14(6-17)11-3-4-12(15)13(16)5-11/h3-5,9-10,14H,6-8,17H2,1-2H3. The zero-order valence-electron chi connectivity index (χ0n) is 11.3. The van der Waals surface area contributed by atoms with E-state index in [1.54, 1.807) is 0 Å². The van der Waals surface area contributed by atoms with E-state index in [2.05, 4.69) is 68.8 Å². The number of nitrogens with two attached hydrogens (primary N) is 1. The number of hydrogen-bond donors (Lipinski definition) is 1. The molecule has 0 aliphatic carbocycles. The molecule has 0 bridgehead atoms. The lowest BCUT2D eigenvalue weighted by Crippen LogP contribution is -2.48. The van der Waals surface area contributed by atoms with Gasteiger partial charge < -0.3 is 10.5 Å². The maximum atomic E-state index is 6.01. The van der Waals surface area contributed by atoms with Crippen molar-refractivity contribution >= 4 is 31.9 Å². The summed E-state index contributed by atoms with van der Waals surface area (Å²) in [6.07, 6.45) is 0.522. The molecule has 1 saturated heterocycles. The molecule has 2 N–H and O–H groups in total. The van der Waals surface area contributed by atoms with Crippen LogP contribution in [0.2, 0.25) is 0 Å². The minimum Gasteiger partial charge on any atom is -0.373 e. The van der Waals surface area contributed by atoms with Crippen molar-refractivity contribution in [1.82, 2.24) is 4.90 Å². The van der Waals surface area contributed by atoms with Gasteiger partial charge in [0.15, 0.2) is 0 Å². The first-order chi connectivity index (χ1) is 9.01. The highest BCUT2D eigenvalue weighted by Gasteiger charge is 2.28. The number of benzene rings is 1. The zero-order valence-corrected chi connectivity index (χ0v) is 14.4. The molecule has 0 saturated carbocycles. The molecule has 1 aliphatic rings. The number of hydrogen-bond acceptors (Lipinski definition) is 3. The van der Waals surface area contributed by atoms with E-state index in [9.17, 15) is 0 Å². The van der Waals surface area contributed by atoms with E-state index >= 15 is 0 Å². The van der Waals surface area contributed by atoms with Crippen LogP contribution in [0.3, 0.4) is 0 Å². The van der Waals surface area contributed by atoms with Gasteiger partial charge in [-0.1, -0.05) is 6.07 Å². The third kappa shape index (κ3) is 3.79. The molecule has 3 unspecified atom stereocenters. The molecule has 0 amide bonds. The van der Waals surface area contributed by atoms with Crippen LogP contribution in [0.1, 0.15) is 25.5 Å². The lowest BCUT2D eigenvalue weighted by atomic mass is 10.0. The Labute approximate surface area is 131 Å². The maximum absolute atomic E-state index is 6.01. The summed E-state index contributed by atoms with van der Waals surface area (Å²) < 4.78 is 7.92. The molecule has 1 fully saturated rings. The molecular formula is C14H20Br2N2O. The lowest BCUT2D eigenvalue weighted by Gasteiger charge is -2.40. The highest BCUT2D eigenvalue weighted by atomic mass is 79.9. The van der Waals surface area contributed by atoms with Crippen LogP contribution in [0.4, 0.5) is 0 Å². The fourth-order valence-corrected chi connectivity index (χ4v) is 3.33. The van der Waals surface area contributed by atoms with Crippen LogP contribution in [-0.4, -0.2) is 36.7 Å². The summed E-state index contributed by atoms with van der Waals surface area (Å²) in [6, 6.07) is 6.59. The molecule has 19 heavy (non-hydrogen) atoms. The van der Waals surface area contributed by atoms with Crippen LogP contribution in [0.15, 0.2) is 27.1 Å². The number of rotatable bonds is 3. The summed E-state index contributed by atoms with van der Waals surface area (Å²) in [4.78, 5) is 2.43. The summed E-state index contributed by atoms with van der Waals surface area (Å²) in [7, 11) is 0. The molecular weight excluding hydrogens is 372 g/mol. The Balaban J connectivity index is 2.21. The Hall–Kier alpha value is 0.0600. The van der Waals surface area contributed by atoms with Gasteiger partial charge >= 0.3 is 0 Å². The molecule has 1 heterocycles. The van der Waals surface area contributed by atoms with Crippen molar-refractivity contribution in [2.45, 2.75) is 32.1 Å². The molecule has 5 heteroatoms. The Bertz CT molecular complexity index is 431. The average molecular weight is 392 g/mol. The first kappa shape index (κ1) is 15.4. The van der Waals surface area contributed by atoms with E-state index in [0.717, 1.165) is 22.0 Å². The fourth-order valence-electron chi connectivity index (χ4n) is 2.69. The van der Waals surface area contributed by atoms with Crippen molar-refractivity contribution in [3.05, 3.63) is 32.7 Å². The third-order valence-corrected chi connectivity index (χ3v) is 5.32. The maximum Gasteiger partial charge on any atom is 0.0678 e. The smallest absolute Gasteiger partial charge is 0.0678 e. The van der Waals surface area contributed by atoms with Crippen LogP contribution in [-0.2, 0) is 4.74 Å². The highest BCUT2D eigenvalue weighted by Crippen LogP contribution is 2.30. The topological polar surface area (TPSA) is 38.5 Å². The van der Waals surface area contributed by atoms with Gasteiger partial charge in [0.2, 0.25) is 0 Å². The van der Waals surface area contributed by atoms with Crippen molar-refractivity contribution < 1.29 is 4.74 Å². The molecule has 0 aromatic heterocycles. The van der Waals surface area contributed by atoms with Crippen LogP contribution in [0.5, 0.6) is 0 Å². The van der Waals surface area contributed by atoms with Gasteiger partial charge in [0.1, 0.15) is 0 Å². The predicted molar refractivity (Wildman–Crippen MR) is 85.2 cm³/mol. The van der Waals surface area contributed by atoms with Crippen molar-refractivity contribution in [1.29, 1.82) is 0 Å². The van der Waals surface area contributed by atoms with E-state index in [4.69, 9.17) is 10.5 Å².